The summed E-state index contributed by atoms with van der Waals surface area (Å²) in [5.74, 6) is 0. The van der Waals surface area contributed by atoms with E-state index >= 15 is 0 Å². The van der Waals surface area contributed by atoms with E-state index in [2.05, 4.69) is 25.7 Å². The zero-order valence-corrected chi connectivity index (χ0v) is 14.6. The first-order valence-corrected chi connectivity index (χ1v) is 6.95. The summed E-state index contributed by atoms with van der Waals surface area (Å²) in [5, 5.41) is 18.6. The van der Waals surface area contributed by atoms with Gasteiger partial charge in [0.25, 0.3) is 0 Å². The van der Waals surface area contributed by atoms with Crippen molar-refractivity contribution in [2.24, 2.45) is 20.4 Å². The van der Waals surface area contributed by atoms with E-state index < -0.39 is 0 Å². The Balaban J connectivity index is 0.00000441. The van der Waals surface area contributed by atoms with Crippen LogP contribution in [0, 0.1) is 0 Å². The van der Waals surface area contributed by atoms with Gasteiger partial charge in [0.2, 0.25) is 0 Å². The van der Waals surface area contributed by atoms with E-state index in [4.69, 9.17) is 30.0 Å². The summed E-state index contributed by atoms with van der Waals surface area (Å²) in [6.45, 7) is 2.27. The van der Waals surface area contributed by atoms with Crippen molar-refractivity contribution in [1.29, 1.82) is 0 Å². The van der Waals surface area contributed by atoms with Gasteiger partial charge in [-0.05, 0) is 12.1 Å². The first-order valence-electron chi connectivity index (χ1n) is 6.14. The van der Waals surface area contributed by atoms with Crippen LogP contribution in [0.1, 0.15) is 12.5 Å². The van der Waals surface area contributed by atoms with Crippen molar-refractivity contribution in [3.8, 4) is 0 Å². The summed E-state index contributed by atoms with van der Waals surface area (Å²) in [6.07, 6.45) is 1.45. The molecule has 0 saturated carbocycles. The van der Waals surface area contributed by atoms with Crippen molar-refractivity contribution in [2.75, 3.05) is 13.7 Å². The molecule has 0 spiro atoms. The van der Waals surface area contributed by atoms with Gasteiger partial charge in [-0.25, -0.2) is 0 Å². The third kappa shape index (κ3) is 8.04. The number of nitrogens with zero attached hydrogens (tertiary/aromatic N) is 4. The summed E-state index contributed by atoms with van der Waals surface area (Å²) in [5.41, 5.74) is 1.35. The minimum Gasteiger partial charge on any atom is -0.741 e. The van der Waals surface area contributed by atoms with E-state index in [1.807, 2.05) is 37.3 Å². The molecule has 1 rings (SSSR count). The molecule has 9 heteroatoms. The van der Waals surface area contributed by atoms with Gasteiger partial charge in [0.1, 0.15) is 5.71 Å². The first-order chi connectivity index (χ1) is 10.2. The van der Waals surface area contributed by atoms with Gasteiger partial charge in [-0.2, -0.15) is 10.2 Å². The molecule has 0 fully saturated rings. The smallest absolute Gasteiger partial charge is 0.741 e. The zero-order chi connectivity index (χ0) is 15.5. The van der Waals surface area contributed by atoms with E-state index in [1.54, 1.807) is 7.05 Å². The van der Waals surface area contributed by atoms with E-state index in [0.29, 0.717) is 12.3 Å². The topological polar surface area (TPSA) is 70.7 Å². The molecule has 0 atom stereocenters. The van der Waals surface area contributed by atoms with Crippen LogP contribution >= 0.6 is 0 Å². The number of benzene rings is 1. The van der Waals surface area contributed by atoms with Gasteiger partial charge in [-0.1, -0.05) is 30.3 Å². The molecule has 22 heavy (non-hydrogen) atoms. The SMILES string of the molecule is CCOC([S-])=NN=CC(=NN=C([S-])NC)c1ccccc1.[Cu+2]. The van der Waals surface area contributed by atoms with Gasteiger partial charge in [0.15, 0.2) is 0 Å². The van der Waals surface area contributed by atoms with Crippen LogP contribution in [-0.2, 0) is 47.1 Å². The van der Waals surface area contributed by atoms with Crippen molar-refractivity contribution < 1.29 is 21.8 Å². The zero-order valence-electron chi connectivity index (χ0n) is 12.0. The maximum atomic E-state index is 5.00. The van der Waals surface area contributed by atoms with Crippen molar-refractivity contribution >= 4 is 47.6 Å². The van der Waals surface area contributed by atoms with Gasteiger partial charge in [-0.15, -0.1) is 10.2 Å². The molecule has 0 aliphatic heterocycles. The van der Waals surface area contributed by atoms with Gasteiger partial charge in [0, 0.05) is 12.6 Å². The van der Waals surface area contributed by atoms with Crippen molar-refractivity contribution in [3.05, 3.63) is 35.9 Å². The largest absolute Gasteiger partial charge is 2.00 e. The van der Waals surface area contributed by atoms with Gasteiger partial charge in [-0.3, -0.25) is 0 Å². The van der Waals surface area contributed by atoms with E-state index in [-0.39, 0.29) is 27.5 Å². The molecule has 0 aromatic heterocycles. The maximum Gasteiger partial charge on any atom is 2.00 e. The second-order valence-corrected chi connectivity index (χ2v) is 4.29. The Morgan fingerprint density at radius 2 is 1.86 bits per heavy atom. The van der Waals surface area contributed by atoms with Crippen LogP contribution in [0.3, 0.4) is 0 Å². The minimum absolute atomic E-state index is 0. The fourth-order valence-corrected chi connectivity index (χ4v) is 1.41. The van der Waals surface area contributed by atoms with Crippen LogP contribution in [0.25, 0.3) is 0 Å². The molecule has 0 amide bonds. The third-order valence-corrected chi connectivity index (χ3v) is 2.60. The van der Waals surface area contributed by atoms with Crippen molar-refractivity contribution in [1.82, 2.24) is 5.32 Å². The Kier molecular flexibility index (Phi) is 11.2. The van der Waals surface area contributed by atoms with Crippen LogP contribution in [0.5, 0.6) is 0 Å². The molecule has 1 radical (unpaired) electrons. The maximum absolute atomic E-state index is 5.00. The number of ether oxygens (including phenoxy) is 1. The fraction of sp³-hybridized carbons (Fsp3) is 0.231. The van der Waals surface area contributed by atoms with Crippen molar-refractivity contribution in [3.63, 3.8) is 0 Å². The Morgan fingerprint density at radius 1 is 1.18 bits per heavy atom. The molecule has 121 valence electrons. The van der Waals surface area contributed by atoms with E-state index in [1.165, 1.54) is 6.21 Å². The monoisotopic (exact) mass is 384 g/mol. The van der Waals surface area contributed by atoms with Gasteiger partial charge >= 0.3 is 17.1 Å². The van der Waals surface area contributed by atoms with E-state index in [0.717, 1.165) is 5.56 Å². The quantitative estimate of drug-likeness (QED) is 0.274. The third-order valence-electron chi connectivity index (χ3n) is 2.12. The number of hydrogen-bond donors (Lipinski definition) is 1. The Morgan fingerprint density at radius 3 is 2.45 bits per heavy atom. The molecule has 1 N–H and O–H groups in total. The molecule has 1 aromatic rings. The minimum atomic E-state index is 0. The summed E-state index contributed by atoms with van der Waals surface area (Å²) >= 11 is 9.77. The normalized spacial score (nSPS) is 12.9. The predicted octanol–water partition coefficient (Wildman–Crippen LogP) is 1.44. The van der Waals surface area contributed by atoms with Gasteiger partial charge < -0.3 is 35.3 Å². The predicted molar refractivity (Wildman–Crippen MR) is 91.8 cm³/mol. The van der Waals surface area contributed by atoms with Crippen molar-refractivity contribution in [2.45, 2.75) is 6.92 Å². The molecule has 0 aliphatic carbocycles. The van der Waals surface area contributed by atoms with Crippen LogP contribution in [0.2, 0.25) is 0 Å². The molecule has 0 bridgehead atoms. The molecule has 0 unspecified atom stereocenters. The second-order valence-electron chi connectivity index (χ2n) is 3.55. The molecule has 0 saturated heterocycles. The first kappa shape index (κ1) is 20.5. The van der Waals surface area contributed by atoms with Crippen LogP contribution in [0.4, 0.5) is 0 Å². The van der Waals surface area contributed by atoms with Crippen LogP contribution in [0.15, 0.2) is 50.7 Å². The van der Waals surface area contributed by atoms with E-state index in [9.17, 15) is 0 Å². The number of hydrogen-bond acceptors (Lipinski definition) is 7. The summed E-state index contributed by atoms with van der Waals surface area (Å²) < 4.78 is 5.00. The summed E-state index contributed by atoms with van der Waals surface area (Å²) in [4.78, 5) is 0. The number of nitrogens with one attached hydrogen (secondary N) is 1. The molecular weight excluding hydrogens is 370 g/mol. The number of rotatable bonds is 5. The molecule has 0 aliphatic rings. The molecule has 6 nitrogen and oxygen atoms in total. The van der Waals surface area contributed by atoms with Crippen LogP contribution < -0.4 is 5.32 Å². The molecular formula is C13H15CuN5OS2. The average molecular weight is 385 g/mol. The molecule has 0 heterocycles. The second kappa shape index (κ2) is 12.0. The Labute approximate surface area is 151 Å². The average Bonchev–Trinajstić information content (AvgIpc) is 2.51. The number of amidine groups is 1. The fourth-order valence-electron chi connectivity index (χ4n) is 1.20. The van der Waals surface area contributed by atoms with Gasteiger partial charge in [0.05, 0.1) is 18.1 Å². The summed E-state index contributed by atoms with van der Waals surface area (Å²) in [6, 6.07) is 9.43. The summed E-state index contributed by atoms with van der Waals surface area (Å²) in [7, 11) is 1.67. The molecule has 1 aromatic carbocycles. The standard InChI is InChI=1S/C13H17N5OS2.Cu/c1-3-19-13(21)18-15-9-11(16-17-12(20)14-2)10-7-5-4-6-8-10;/h4-9H,3H2,1-2H3,(H,18,21)(H2,14,17,20);/q;+2/p-2. The Hall–Kier alpha value is -1.54. The van der Waals surface area contributed by atoms with Crippen LogP contribution in [-0.4, -0.2) is 36.0 Å². The Bertz CT molecular complexity index is 561.